The average Bonchev–Trinajstić information content (AvgIpc) is 3.02. The summed E-state index contributed by atoms with van der Waals surface area (Å²) in [6.07, 6.45) is 4.10. The molecule has 8 heteroatoms. The van der Waals surface area contributed by atoms with E-state index in [1.807, 2.05) is 6.07 Å². The number of rotatable bonds is 5. The van der Waals surface area contributed by atoms with Gasteiger partial charge in [0.1, 0.15) is 0 Å². The van der Waals surface area contributed by atoms with Crippen molar-refractivity contribution in [2.45, 2.75) is 32.2 Å². The normalized spacial score (nSPS) is 13.2. The van der Waals surface area contributed by atoms with Crippen LogP contribution in [-0.4, -0.2) is 29.5 Å². The maximum Gasteiger partial charge on any atom is 0.261 e. The second-order valence-corrected chi connectivity index (χ2v) is 6.31. The summed E-state index contributed by atoms with van der Waals surface area (Å²) in [4.78, 5) is 27.5. The van der Waals surface area contributed by atoms with E-state index in [1.165, 1.54) is 14.2 Å². The molecule has 3 rings (SSSR count). The van der Waals surface area contributed by atoms with Crippen LogP contribution in [0.3, 0.4) is 0 Å². The van der Waals surface area contributed by atoms with E-state index in [4.69, 9.17) is 9.47 Å². The number of aromatic nitrogens is 2. The van der Waals surface area contributed by atoms with Crippen molar-refractivity contribution in [2.75, 3.05) is 14.2 Å². The minimum absolute atomic E-state index is 0.142. The van der Waals surface area contributed by atoms with Crippen LogP contribution in [0.4, 0.5) is 0 Å². The molecule has 2 N–H and O–H groups in total. The van der Waals surface area contributed by atoms with Crippen LogP contribution in [0.25, 0.3) is 0 Å². The van der Waals surface area contributed by atoms with Gasteiger partial charge in [-0.15, -0.1) is 0 Å². The molecule has 0 spiro atoms. The molecule has 0 bridgehead atoms. The third kappa shape index (κ3) is 3.14. The fourth-order valence-corrected chi connectivity index (χ4v) is 3.53. The molecule has 0 aromatic carbocycles. The van der Waals surface area contributed by atoms with Gasteiger partial charge in [0.2, 0.25) is 10.9 Å². The molecule has 0 fully saturated rings. The smallest absolute Gasteiger partial charge is 0.261 e. The molecule has 2 aromatic rings. The number of hydrogen-bond donors (Lipinski definition) is 2. The van der Waals surface area contributed by atoms with Crippen molar-refractivity contribution < 1.29 is 14.3 Å². The highest BCUT2D eigenvalue weighted by Gasteiger charge is 2.23. The number of amides is 1. The van der Waals surface area contributed by atoms with Gasteiger partial charge in [-0.25, -0.2) is 0 Å². The molecule has 1 aliphatic carbocycles. The van der Waals surface area contributed by atoms with Gasteiger partial charge in [0.15, 0.2) is 5.56 Å². The lowest BCUT2D eigenvalue weighted by Gasteiger charge is -2.16. The number of hydrogen-bond acceptors (Lipinski definition) is 6. The van der Waals surface area contributed by atoms with Crippen molar-refractivity contribution in [3.05, 3.63) is 38.8 Å². The first-order valence-electron chi connectivity index (χ1n) is 7.73. The number of nitrogens with one attached hydrogen (secondary N) is 2. The molecular formula is C16H19N3O4S. The van der Waals surface area contributed by atoms with Gasteiger partial charge < -0.3 is 19.8 Å². The summed E-state index contributed by atoms with van der Waals surface area (Å²) < 4.78 is 14.3. The Hall–Kier alpha value is -2.35. The Bertz CT molecular complexity index is 791. The predicted molar refractivity (Wildman–Crippen MR) is 90.1 cm³/mol. The van der Waals surface area contributed by atoms with E-state index < -0.39 is 0 Å². The molecule has 0 saturated carbocycles. The van der Waals surface area contributed by atoms with Crippen LogP contribution in [0.15, 0.2) is 10.9 Å². The lowest BCUT2D eigenvalue weighted by molar-refractivity contribution is 0.0945. The quantitative estimate of drug-likeness (QED) is 0.856. The van der Waals surface area contributed by atoms with E-state index in [1.54, 1.807) is 0 Å². The topological polar surface area (TPSA) is 93.3 Å². The second kappa shape index (κ2) is 7.04. The van der Waals surface area contributed by atoms with Crippen molar-refractivity contribution >= 4 is 17.4 Å². The number of nitrogens with zero attached hydrogens (tertiary/aromatic N) is 1. The van der Waals surface area contributed by atoms with Gasteiger partial charge in [-0.05, 0) is 37.3 Å². The third-order valence-corrected chi connectivity index (χ3v) is 4.88. The van der Waals surface area contributed by atoms with Gasteiger partial charge in [0.25, 0.3) is 11.5 Å². The number of methoxy groups -OCH3 is 2. The number of H-pyrrole nitrogens is 1. The Morgan fingerprint density at radius 3 is 2.88 bits per heavy atom. The highest BCUT2D eigenvalue weighted by atomic mass is 32.1. The minimum Gasteiger partial charge on any atom is -0.485 e. The van der Waals surface area contributed by atoms with Crippen LogP contribution in [0.5, 0.6) is 10.9 Å². The van der Waals surface area contributed by atoms with E-state index in [0.717, 1.165) is 48.5 Å². The van der Waals surface area contributed by atoms with Crippen LogP contribution in [0.2, 0.25) is 0 Å². The Morgan fingerprint density at radius 1 is 1.33 bits per heavy atom. The molecule has 0 aliphatic heterocycles. The Morgan fingerprint density at radius 2 is 2.12 bits per heavy atom. The average molecular weight is 349 g/mol. The first-order chi connectivity index (χ1) is 11.6. The Kier molecular flexibility index (Phi) is 4.84. The summed E-state index contributed by atoms with van der Waals surface area (Å²) in [6, 6.07) is 1.90. The van der Waals surface area contributed by atoms with E-state index >= 15 is 0 Å². The highest BCUT2D eigenvalue weighted by molar-refractivity contribution is 7.08. The Balaban J connectivity index is 1.78. The van der Waals surface area contributed by atoms with Crippen LogP contribution < -0.4 is 20.3 Å². The molecule has 0 unspecified atom stereocenters. The predicted octanol–water partition coefficient (Wildman–Crippen LogP) is 1.66. The molecule has 2 aromatic heterocycles. The summed E-state index contributed by atoms with van der Waals surface area (Å²) in [5.41, 5.74) is 2.83. The van der Waals surface area contributed by atoms with Crippen LogP contribution in [-0.2, 0) is 19.4 Å². The number of aromatic amines is 1. The summed E-state index contributed by atoms with van der Waals surface area (Å²) in [5.74, 6) is -0.164. The molecule has 1 amide bonds. The number of ether oxygens (including phenoxy) is 2. The standard InChI is InChI=1S/C16H19N3O4S/c1-22-15-12(16(23-2)24-19-15)14(21)17-8-10-7-9-5-3-4-6-11(9)18-13(10)20/h7H,3-6,8H2,1-2H3,(H,17,21)(H,18,20). The molecule has 0 radical (unpaired) electrons. The zero-order chi connectivity index (χ0) is 17.1. The van der Waals surface area contributed by atoms with Crippen LogP contribution in [0.1, 0.15) is 40.0 Å². The van der Waals surface area contributed by atoms with E-state index in [9.17, 15) is 9.59 Å². The maximum atomic E-state index is 12.4. The number of pyridine rings is 1. The van der Waals surface area contributed by atoms with Gasteiger partial charge in [0, 0.05) is 29.3 Å². The van der Waals surface area contributed by atoms with Crippen molar-refractivity contribution in [3.8, 4) is 10.9 Å². The zero-order valence-corrected chi connectivity index (χ0v) is 14.4. The van der Waals surface area contributed by atoms with Gasteiger partial charge in [-0.1, -0.05) is 0 Å². The molecule has 0 atom stereocenters. The molecule has 0 saturated heterocycles. The Labute approximate surface area is 143 Å². The summed E-state index contributed by atoms with van der Waals surface area (Å²) >= 11 is 1.05. The van der Waals surface area contributed by atoms with Gasteiger partial charge in [-0.2, -0.15) is 4.37 Å². The number of aryl methyl sites for hydroxylation is 2. The van der Waals surface area contributed by atoms with E-state index in [0.29, 0.717) is 10.6 Å². The molecule has 24 heavy (non-hydrogen) atoms. The van der Waals surface area contributed by atoms with Crippen molar-refractivity contribution in [1.82, 2.24) is 14.7 Å². The first kappa shape index (κ1) is 16.5. The fraction of sp³-hybridized carbons (Fsp3) is 0.438. The minimum atomic E-state index is -0.380. The monoisotopic (exact) mass is 349 g/mol. The zero-order valence-electron chi connectivity index (χ0n) is 13.6. The van der Waals surface area contributed by atoms with E-state index in [2.05, 4.69) is 14.7 Å². The number of fused-ring (bicyclic) bond motifs is 1. The van der Waals surface area contributed by atoms with Gasteiger partial charge >= 0.3 is 0 Å². The fourth-order valence-electron chi connectivity index (χ4n) is 2.85. The van der Waals surface area contributed by atoms with E-state index in [-0.39, 0.29) is 29.5 Å². The first-order valence-corrected chi connectivity index (χ1v) is 8.51. The highest BCUT2D eigenvalue weighted by Crippen LogP contribution is 2.32. The summed E-state index contributed by atoms with van der Waals surface area (Å²) in [7, 11) is 2.91. The van der Waals surface area contributed by atoms with Gasteiger partial charge in [0.05, 0.1) is 14.2 Å². The lowest BCUT2D eigenvalue weighted by Crippen LogP contribution is -2.28. The largest absolute Gasteiger partial charge is 0.485 e. The molecule has 1 aliphatic rings. The SMILES string of the molecule is COc1nsc(OC)c1C(=O)NCc1cc2c([nH]c1=O)CCCC2. The number of carbonyl (C=O) groups is 1. The van der Waals surface area contributed by atoms with Gasteiger partial charge in [-0.3, -0.25) is 9.59 Å². The van der Waals surface area contributed by atoms with Crippen LogP contribution in [0, 0.1) is 0 Å². The second-order valence-electron chi connectivity index (χ2n) is 5.58. The number of carbonyl (C=O) groups excluding carboxylic acids is 1. The summed E-state index contributed by atoms with van der Waals surface area (Å²) in [6.45, 7) is 0.142. The molecular weight excluding hydrogens is 330 g/mol. The molecule has 2 heterocycles. The van der Waals surface area contributed by atoms with Crippen molar-refractivity contribution in [2.24, 2.45) is 0 Å². The molecule has 7 nitrogen and oxygen atoms in total. The molecule has 128 valence electrons. The third-order valence-electron chi connectivity index (χ3n) is 4.09. The van der Waals surface area contributed by atoms with Crippen LogP contribution >= 0.6 is 11.5 Å². The summed E-state index contributed by atoms with van der Waals surface area (Å²) in [5, 5.41) is 3.12. The van der Waals surface area contributed by atoms with Crippen molar-refractivity contribution in [3.63, 3.8) is 0 Å². The lowest BCUT2D eigenvalue weighted by atomic mass is 9.95. The maximum absolute atomic E-state index is 12.4. The van der Waals surface area contributed by atoms with Crippen molar-refractivity contribution in [1.29, 1.82) is 0 Å².